The lowest BCUT2D eigenvalue weighted by atomic mass is 9.93. The van der Waals surface area contributed by atoms with Gasteiger partial charge in [0.05, 0.1) is 31.0 Å². The Morgan fingerprint density at radius 2 is 1.74 bits per heavy atom. The number of hydrogen-bond acceptors (Lipinski definition) is 5. The summed E-state index contributed by atoms with van der Waals surface area (Å²) in [6.45, 7) is 4.03. The summed E-state index contributed by atoms with van der Waals surface area (Å²) in [6, 6.07) is 17.2. The molecule has 2 aromatic carbocycles. The number of methoxy groups -OCH3 is 1. The molecule has 1 atom stereocenters. The second-order valence-corrected chi connectivity index (χ2v) is 8.21. The van der Waals surface area contributed by atoms with E-state index in [0.29, 0.717) is 17.0 Å². The lowest BCUT2D eigenvalue weighted by Gasteiger charge is -2.15. The van der Waals surface area contributed by atoms with Gasteiger partial charge in [0.2, 0.25) is 5.91 Å². The average Bonchev–Trinajstić information content (AvgIpc) is 3.25. The van der Waals surface area contributed by atoms with Crippen molar-refractivity contribution in [2.45, 2.75) is 45.4 Å². The number of nitrogens with zero attached hydrogens (tertiary/aromatic N) is 2. The molecule has 0 aliphatic carbocycles. The van der Waals surface area contributed by atoms with Crippen LogP contribution in [-0.4, -0.2) is 30.2 Å². The molecule has 0 radical (unpaired) electrons. The number of carbonyl (C=O) groups is 2. The molecule has 1 amide bonds. The topological polar surface area (TPSA) is 107 Å². The number of esters is 1. The molecule has 0 bridgehead atoms. The fourth-order valence-electron chi connectivity index (χ4n) is 4.10. The maximum atomic E-state index is 12.9. The van der Waals surface area contributed by atoms with Crippen molar-refractivity contribution in [3.8, 4) is 28.8 Å². The van der Waals surface area contributed by atoms with E-state index in [1.54, 1.807) is 32.4 Å². The minimum atomic E-state index is -1.33. The molecule has 0 aliphatic heterocycles. The van der Waals surface area contributed by atoms with Gasteiger partial charge < -0.3 is 19.8 Å². The number of carbonyl (C=O) groups excluding carboxylic acids is 2. The fourth-order valence-corrected chi connectivity index (χ4v) is 4.10. The first-order valence-corrected chi connectivity index (χ1v) is 11.8. The highest BCUT2D eigenvalue weighted by Gasteiger charge is 2.32. The number of rotatable bonds is 11. The van der Waals surface area contributed by atoms with Gasteiger partial charge in [0, 0.05) is 17.4 Å². The Hall–Kier alpha value is -4.05. The monoisotopic (exact) mass is 473 g/mol. The zero-order valence-electron chi connectivity index (χ0n) is 20.4. The maximum absolute atomic E-state index is 12.9. The van der Waals surface area contributed by atoms with E-state index in [4.69, 9.17) is 15.2 Å². The van der Waals surface area contributed by atoms with Crippen LogP contribution in [0.4, 0.5) is 0 Å². The highest BCUT2D eigenvalue weighted by Crippen LogP contribution is 2.37. The van der Waals surface area contributed by atoms with Crippen molar-refractivity contribution in [3.05, 3.63) is 71.4 Å². The third-order valence-electron chi connectivity index (χ3n) is 5.89. The Morgan fingerprint density at radius 1 is 1.06 bits per heavy atom. The van der Waals surface area contributed by atoms with Crippen molar-refractivity contribution in [3.63, 3.8) is 0 Å². The van der Waals surface area contributed by atoms with Gasteiger partial charge in [-0.2, -0.15) is 5.26 Å². The SMILES string of the molecule is CCCCCc1ccc(-n2cc(C(=O)OCC)c(C(C#N)C(N)=O)c2-c2ccc(OC)cc2)cc1. The molecule has 1 heterocycles. The average molecular weight is 474 g/mol. The molecular weight excluding hydrogens is 442 g/mol. The van der Waals surface area contributed by atoms with E-state index in [2.05, 4.69) is 19.1 Å². The van der Waals surface area contributed by atoms with Crippen LogP contribution in [-0.2, 0) is 16.0 Å². The lowest BCUT2D eigenvalue weighted by molar-refractivity contribution is -0.118. The Balaban J connectivity index is 2.24. The van der Waals surface area contributed by atoms with Crippen molar-refractivity contribution in [1.29, 1.82) is 5.26 Å². The van der Waals surface area contributed by atoms with Gasteiger partial charge in [0.15, 0.2) is 5.92 Å². The molecule has 0 saturated carbocycles. The number of hydrogen-bond donors (Lipinski definition) is 1. The molecule has 1 unspecified atom stereocenters. The van der Waals surface area contributed by atoms with Gasteiger partial charge in [-0.1, -0.05) is 31.9 Å². The molecule has 0 aliphatic rings. The van der Waals surface area contributed by atoms with E-state index >= 15 is 0 Å². The van der Waals surface area contributed by atoms with E-state index in [-0.39, 0.29) is 17.7 Å². The molecule has 0 spiro atoms. The van der Waals surface area contributed by atoms with Gasteiger partial charge in [0.25, 0.3) is 0 Å². The summed E-state index contributed by atoms with van der Waals surface area (Å²) < 4.78 is 12.4. The van der Waals surface area contributed by atoms with E-state index in [1.807, 2.05) is 34.9 Å². The summed E-state index contributed by atoms with van der Waals surface area (Å²) in [4.78, 5) is 25.2. The normalized spacial score (nSPS) is 11.5. The Labute approximate surface area is 206 Å². The Bertz CT molecular complexity index is 1200. The first-order chi connectivity index (χ1) is 16.9. The second-order valence-electron chi connectivity index (χ2n) is 8.21. The van der Waals surface area contributed by atoms with Gasteiger partial charge in [-0.3, -0.25) is 4.79 Å². The van der Waals surface area contributed by atoms with Gasteiger partial charge in [-0.25, -0.2) is 4.79 Å². The summed E-state index contributed by atoms with van der Waals surface area (Å²) in [5, 5.41) is 9.83. The van der Waals surface area contributed by atoms with Crippen LogP contribution in [0.25, 0.3) is 16.9 Å². The first-order valence-electron chi connectivity index (χ1n) is 11.8. The van der Waals surface area contributed by atoms with E-state index < -0.39 is 17.8 Å². The van der Waals surface area contributed by atoms with Crippen LogP contribution in [0.3, 0.4) is 0 Å². The summed E-state index contributed by atoms with van der Waals surface area (Å²) in [5.74, 6) is -2.13. The van der Waals surface area contributed by atoms with Gasteiger partial charge in [-0.05, 0) is 67.3 Å². The summed E-state index contributed by atoms with van der Waals surface area (Å²) in [6.07, 6.45) is 6.06. The third kappa shape index (κ3) is 5.72. The van der Waals surface area contributed by atoms with Crippen LogP contribution in [0.15, 0.2) is 54.7 Å². The van der Waals surface area contributed by atoms with Crippen LogP contribution >= 0.6 is 0 Å². The molecule has 3 rings (SSSR count). The third-order valence-corrected chi connectivity index (χ3v) is 5.89. The van der Waals surface area contributed by atoms with Crippen molar-refractivity contribution < 1.29 is 19.1 Å². The second kappa shape index (κ2) is 11.9. The largest absolute Gasteiger partial charge is 0.497 e. The number of amides is 1. The number of nitriles is 1. The van der Waals surface area contributed by atoms with E-state index in [9.17, 15) is 14.9 Å². The smallest absolute Gasteiger partial charge is 0.340 e. The van der Waals surface area contributed by atoms with Crippen LogP contribution in [0, 0.1) is 11.3 Å². The standard InChI is InChI=1S/C28H31N3O4/c1-4-6-7-8-19-9-13-21(14-10-19)31-18-24(28(33)35-5-2)25(23(17-29)27(30)32)26(31)20-11-15-22(34-3)16-12-20/h9-16,18,23H,4-8H2,1-3H3,(H2,30,32). The zero-order valence-corrected chi connectivity index (χ0v) is 20.4. The molecule has 0 saturated heterocycles. The van der Waals surface area contributed by atoms with Gasteiger partial charge >= 0.3 is 5.97 Å². The highest BCUT2D eigenvalue weighted by atomic mass is 16.5. The summed E-state index contributed by atoms with van der Waals surface area (Å²) >= 11 is 0. The number of ether oxygens (including phenoxy) is 2. The first kappa shape index (κ1) is 25.6. The maximum Gasteiger partial charge on any atom is 0.340 e. The number of nitrogens with two attached hydrogens (primary N) is 1. The predicted octanol–water partition coefficient (Wildman–Crippen LogP) is 5.15. The molecule has 3 aromatic rings. The van der Waals surface area contributed by atoms with Crippen LogP contribution < -0.4 is 10.5 Å². The number of aromatic nitrogens is 1. The Morgan fingerprint density at radius 3 is 2.29 bits per heavy atom. The minimum absolute atomic E-state index is 0.134. The number of primary amides is 1. The van der Waals surface area contributed by atoms with Crippen molar-refractivity contribution in [1.82, 2.24) is 4.57 Å². The van der Waals surface area contributed by atoms with E-state index in [0.717, 1.165) is 24.9 Å². The van der Waals surface area contributed by atoms with Crippen LogP contribution in [0.5, 0.6) is 5.75 Å². The minimum Gasteiger partial charge on any atom is -0.497 e. The fraction of sp³-hybridized carbons (Fsp3) is 0.321. The highest BCUT2D eigenvalue weighted by molar-refractivity contribution is 5.99. The molecule has 0 fully saturated rings. The zero-order chi connectivity index (χ0) is 25.4. The molecule has 7 heteroatoms. The molecule has 1 aromatic heterocycles. The Kier molecular flexibility index (Phi) is 8.69. The van der Waals surface area contributed by atoms with Crippen LogP contribution in [0.1, 0.15) is 60.5 Å². The van der Waals surface area contributed by atoms with Gasteiger partial charge in [0.1, 0.15) is 5.75 Å². The number of aryl methyl sites for hydroxylation is 1. The molecule has 2 N–H and O–H groups in total. The van der Waals surface area contributed by atoms with E-state index in [1.165, 1.54) is 12.0 Å². The summed E-state index contributed by atoms with van der Waals surface area (Å²) in [7, 11) is 1.57. The molecular formula is C28H31N3O4. The number of benzene rings is 2. The number of unbranched alkanes of at least 4 members (excludes halogenated alkanes) is 2. The quantitative estimate of drug-likeness (QED) is 0.306. The lowest BCUT2D eigenvalue weighted by Crippen LogP contribution is -2.22. The van der Waals surface area contributed by atoms with Crippen molar-refractivity contribution in [2.24, 2.45) is 5.73 Å². The summed E-state index contributed by atoms with van der Waals surface area (Å²) in [5.41, 5.74) is 9.20. The molecule has 35 heavy (non-hydrogen) atoms. The van der Waals surface area contributed by atoms with Crippen molar-refractivity contribution in [2.75, 3.05) is 13.7 Å². The predicted molar refractivity (Wildman–Crippen MR) is 134 cm³/mol. The van der Waals surface area contributed by atoms with Crippen LogP contribution in [0.2, 0.25) is 0 Å². The van der Waals surface area contributed by atoms with Crippen molar-refractivity contribution >= 4 is 11.9 Å². The van der Waals surface area contributed by atoms with Gasteiger partial charge in [-0.15, -0.1) is 0 Å². The molecule has 7 nitrogen and oxygen atoms in total. The molecule has 182 valence electrons.